The standard InChI is InChI=1S/C17H16ClNOS/c1-11-2-5-14(6-3-11)21-10-15(19)17-9-12-8-13(18)4-7-16(12)20-17/h2-9,15H,10,19H2,1H3. The molecule has 108 valence electrons. The Morgan fingerprint density at radius 3 is 2.67 bits per heavy atom. The molecule has 2 N–H and O–H groups in total. The van der Waals surface area contributed by atoms with Gasteiger partial charge in [-0.15, -0.1) is 11.8 Å². The molecule has 0 fully saturated rings. The maximum atomic E-state index is 6.23. The molecule has 0 saturated carbocycles. The molecule has 0 aliphatic carbocycles. The minimum Gasteiger partial charge on any atom is -0.459 e. The normalized spacial score (nSPS) is 12.7. The lowest BCUT2D eigenvalue weighted by molar-refractivity contribution is 0.516. The van der Waals surface area contributed by atoms with Crippen LogP contribution in [0.4, 0.5) is 0 Å². The summed E-state index contributed by atoms with van der Waals surface area (Å²) in [6, 6.07) is 15.9. The van der Waals surface area contributed by atoms with Gasteiger partial charge < -0.3 is 10.2 Å². The molecule has 3 aromatic rings. The van der Waals surface area contributed by atoms with Gasteiger partial charge in [-0.2, -0.15) is 0 Å². The Balaban J connectivity index is 1.71. The van der Waals surface area contributed by atoms with Gasteiger partial charge >= 0.3 is 0 Å². The maximum Gasteiger partial charge on any atom is 0.134 e. The number of aryl methyl sites for hydroxylation is 1. The first-order valence-electron chi connectivity index (χ1n) is 6.76. The van der Waals surface area contributed by atoms with Crippen molar-refractivity contribution in [3.05, 3.63) is 64.9 Å². The third kappa shape index (κ3) is 3.43. The SMILES string of the molecule is Cc1ccc(SCC(N)c2cc3cc(Cl)ccc3o2)cc1. The van der Waals surface area contributed by atoms with Gasteiger partial charge in [-0.1, -0.05) is 29.3 Å². The third-order valence-electron chi connectivity index (χ3n) is 3.31. The van der Waals surface area contributed by atoms with E-state index in [1.54, 1.807) is 11.8 Å². The number of fused-ring (bicyclic) bond motifs is 1. The highest BCUT2D eigenvalue weighted by Crippen LogP contribution is 2.29. The van der Waals surface area contributed by atoms with E-state index in [-0.39, 0.29) is 6.04 Å². The van der Waals surface area contributed by atoms with Crippen molar-refractivity contribution in [1.29, 1.82) is 0 Å². The van der Waals surface area contributed by atoms with Gasteiger partial charge in [0.15, 0.2) is 0 Å². The number of hydrogen-bond donors (Lipinski definition) is 1. The summed E-state index contributed by atoms with van der Waals surface area (Å²) in [5.74, 6) is 1.57. The highest BCUT2D eigenvalue weighted by molar-refractivity contribution is 7.99. The van der Waals surface area contributed by atoms with E-state index >= 15 is 0 Å². The van der Waals surface area contributed by atoms with Crippen LogP contribution in [-0.2, 0) is 0 Å². The Morgan fingerprint density at radius 2 is 1.90 bits per heavy atom. The van der Waals surface area contributed by atoms with Gasteiger partial charge in [0.05, 0.1) is 6.04 Å². The first-order valence-corrected chi connectivity index (χ1v) is 8.12. The van der Waals surface area contributed by atoms with E-state index in [0.29, 0.717) is 5.02 Å². The molecule has 2 aromatic carbocycles. The van der Waals surface area contributed by atoms with Crippen molar-refractivity contribution in [3.63, 3.8) is 0 Å². The quantitative estimate of drug-likeness (QED) is 0.673. The number of benzene rings is 2. The first kappa shape index (κ1) is 14.5. The molecule has 4 heteroatoms. The molecular weight excluding hydrogens is 302 g/mol. The lowest BCUT2D eigenvalue weighted by Crippen LogP contribution is -2.11. The summed E-state index contributed by atoms with van der Waals surface area (Å²) in [6.45, 7) is 2.08. The van der Waals surface area contributed by atoms with Crippen LogP contribution in [0.5, 0.6) is 0 Å². The average molecular weight is 318 g/mol. The van der Waals surface area contributed by atoms with Gasteiger partial charge in [-0.3, -0.25) is 0 Å². The van der Waals surface area contributed by atoms with Crippen LogP contribution >= 0.6 is 23.4 Å². The molecular formula is C17H16ClNOS. The van der Waals surface area contributed by atoms with Gasteiger partial charge in [0.1, 0.15) is 11.3 Å². The van der Waals surface area contributed by atoms with Crippen molar-refractivity contribution >= 4 is 34.3 Å². The van der Waals surface area contributed by atoms with Gasteiger partial charge in [0.25, 0.3) is 0 Å². The molecule has 0 amide bonds. The van der Waals surface area contributed by atoms with Gasteiger partial charge in [0, 0.05) is 21.1 Å². The molecule has 0 bridgehead atoms. The molecule has 1 unspecified atom stereocenters. The van der Waals surface area contributed by atoms with E-state index < -0.39 is 0 Å². The second kappa shape index (κ2) is 6.14. The fourth-order valence-corrected chi connectivity index (χ4v) is 3.17. The number of hydrogen-bond acceptors (Lipinski definition) is 3. The van der Waals surface area contributed by atoms with Crippen LogP contribution in [0.2, 0.25) is 5.02 Å². The van der Waals surface area contributed by atoms with Crippen molar-refractivity contribution in [2.75, 3.05) is 5.75 Å². The third-order valence-corrected chi connectivity index (χ3v) is 4.68. The van der Waals surface area contributed by atoms with Crippen LogP contribution in [0, 0.1) is 6.92 Å². The van der Waals surface area contributed by atoms with E-state index in [4.69, 9.17) is 21.8 Å². The fraction of sp³-hybridized carbons (Fsp3) is 0.176. The zero-order chi connectivity index (χ0) is 14.8. The smallest absolute Gasteiger partial charge is 0.134 e. The summed E-state index contributed by atoms with van der Waals surface area (Å²) in [7, 11) is 0. The maximum absolute atomic E-state index is 6.23. The van der Waals surface area contributed by atoms with Crippen molar-refractivity contribution in [2.24, 2.45) is 5.73 Å². The molecule has 0 saturated heterocycles. The zero-order valence-corrected chi connectivity index (χ0v) is 13.2. The fourth-order valence-electron chi connectivity index (χ4n) is 2.12. The molecule has 3 rings (SSSR count). The largest absolute Gasteiger partial charge is 0.459 e. The molecule has 1 aromatic heterocycles. The van der Waals surface area contributed by atoms with Crippen molar-refractivity contribution in [3.8, 4) is 0 Å². The second-order valence-corrected chi connectivity index (χ2v) is 6.59. The summed E-state index contributed by atoms with van der Waals surface area (Å²) >= 11 is 7.72. The number of nitrogens with two attached hydrogens (primary N) is 1. The topological polar surface area (TPSA) is 39.2 Å². The zero-order valence-electron chi connectivity index (χ0n) is 11.7. The Kier molecular flexibility index (Phi) is 4.24. The molecule has 21 heavy (non-hydrogen) atoms. The molecule has 0 aliphatic rings. The minimum atomic E-state index is -0.137. The van der Waals surface area contributed by atoms with Crippen LogP contribution in [-0.4, -0.2) is 5.75 Å². The molecule has 1 atom stereocenters. The van der Waals surface area contributed by atoms with Gasteiger partial charge in [-0.05, 0) is 43.3 Å². The Labute approximate surface area is 133 Å². The Bertz CT molecular complexity index is 751. The highest BCUT2D eigenvalue weighted by Gasteiger charge is 2.12. The van der Waals surface area contributed by atoms with Gasteiger partial charge in [0.2, 0.25) is 0 Å². The summed E-state index contributed by atoms with van der Waals surface area (Å²) in [5.41, 5.74) is 8.31. The van der Waals surface area contributed by atoms with E-state index in [1.807, 2.05) is 24.3 Å². The summed E-state index contributed by atoms with van der Waals surface area (Å²) < 4.78 is 5.80. The van der Waals surface area contributed by atoms with E-state index in [0.717, 1.165) is 22.5 Å². The number of rotatable bonds is 4. The van der Waals surface area contributed by atoms with E-state index in [2.05, 4.69) is 31.2 Å². The van der Waals surface area contributed by atoms with Crippen LogP contribution in [0.1, 0.15) is 17.4 Å². The van der Waals surface area contributed by atoms with Crippen LogP contribution in [0.25, 0.3) is 11.0 Å². The summed E-state index contributed by atoms with van der Waals surface area (Å²) in [4.78, 5) is 1.22. The number of furan rings is 1. The highest BCUT2D eigenvalue weighted by atomic mass is 35.5. The average Bonchev–Trinajstić information content (AvgIpc) is 2.89. The van der Waals surface area contributed by atoms with Crippen LogP contribution < -0.4 is 5.73 Å². The lowest BCUT2D eigenvalue weighted by Gasteiger charge is -2.08. The molecule has 0 aliphatic heterocycles. The minimum absolute atomic E-state index is 0.137. The van der Waals surface area contributed by atoms with Crippen molar-refractivity contribution < 1.29 is 4.42 Å². The van der Waals surface area contributed by atoms with Crippen molar-refractivity contribution in [2.45, 2.75) is 17.9 Å². The molecule has 0 radical (unpaired) electrons. The first-order chi connectivity index (χ1) is 10.1. The van der Waals surface area contributed by atoms with E-state index in [1.165, 1.54) is 10.5 Å². The Hall–Kier alpha value is -1.42. The van der Waals surface area contributed by atoms with Crippen LogP contribution in [0.3, 0.4) is 0 Å². The summed E-state index contributed by atoms with van der Waals surface area (Å²) in [5, 5.41) is 1.70. The predicted octanol–water partition coefficient (Wildman–Crippen LogP) is 5.19. The van der Waals surface area contributed by atoms with E-state index in [9.17, 15) is 0 Å². The Morgan fingerprint density at radius 1 is 1.14 bits per heavy atom. The molecule has 2 nitrogen and oxygen atoms in total. The molecule has 0 spiro atoms. The number of thioether (sulfide) groups is 1. The second-order valence-electron chi connectivity index (χ2n) is 5.06. The monoisotopic (exact) mass is 317 g/mol. The number of halogens is 1. The van der Waals surface area contributed by atoms with Crippen LogP contribution in [0.15, 0.2) is 57.8 Å². The van der Waals surface area contributed by atoms with Crippen molar-refractivity contribution in [1.82, 2.24) is 0 Å². The lowest BCUT2D eigenvalue weighted by atomic mass is 10.2. The van der Waals surface area contributed by atoms with Gasteiger partial charge in [-0.25, -0.2) is 0 Å². The predicted molar refractivity (Wildman–Crippen MR) is 90.1 cm³/mol. The summed E-state index contributed by atoms with van der Waals surface area (Å²) in [6.07, 6.45) is 0. The molecule has 1 heterocycles.